The molecule has 2 aliphatic heterocycles. The molecule has 0 aliphatic carbocycles. The lowest BCUT2D eigenvalue weighted by molar-refractivity contribution is -0.150. The molecule has 2 amide bonds. The third kappa shape index (κ3) is 2.76. The van der Waals surface area contributed by atoms with E-state index in [1.807, 2.05) is 0 Å². The number of hydrogen-bond donors (Lipinski definition) is 3. The summed E-state index contributed by atoms with van der Waals surface area (Å²) in [5.41, 5.74) is 5.87. The first-order valence-corrected chi connectivity index (χ1v) is 8.65. The SMILES string of the molecule is C=CC1=C(C(=O)O)N2C(=O)C(NC(=O)Cc3nsc(N)n3)C2SC1. The smallest absolute Gasteiger partial charge is 0.352 e. The van der Waals surface area contributed by atoms with E-state index in [2.05, 4.69) is 21.3 Å². The third-order valence-electron chi connectivity index (χ3n) is 3.57. The summed E-state index contributed by atoms with van der Waals surface area (Å²) in [4.78, 5) is 40.8. The van der Waals surface area contributed by atoms with Gasteiger partial charge in [0, 0.05) is 17.3 Å². The zero-order valence-electron chi connectivity index (χ0n) is 12.3. The number of anilines is 1. The van der Waals surface area contributed by atoms with Gasteiger partial charge in [0.15, 0.2) is 11.0 Å². The van der Waals surface area contributed by atoms with E-state index in [9.17, 15) is 19.5 Å². The average molecular weight is 367 g/mol. The Kier molecular flexibility index (Phi) is 4.28. The number of allylic oxidation sites excluding steroid dienone is 1. The van der Waals surface area contributed by atoms with E-state index in [1.54, 1.807) is 0 Å². The van der Waals surface area contributed by atoms with Gasteiger partial charge in [-0.1, -0.05) is 12.7 Å². The summed E-state index contributed by atoms with van der Waals surface area (Å²) in [5, 5.41) is 11.8. The van der Waals surface area contributed by atoms with Crippen LogP contribution >= 0.6 is 23.3 Å². The fraction of sp³-hybridized carbons (Fsp3) is 0.308. The molecule has 2 aliphatic rings. The maximum absolute atomic E-state index is 12.3. The third-order valence-corrected chi connectivity index (χ3v) is 5.45. The summed E-state index contributed by atoms with van der Waals surface area (Å²) in [6, 6.07) is -0.765. The maximum atomic E-state index is 12.3. The number of carbonyl (C=O) groups excluding carboxylic acids is 2. The van der Waals surface area contributed by atoms with Crippen LogP contribution < -0.4 is 11.1 Å². The van der Waals surface area contributed by atoms with Gasteiger partial charge in [0.25, 0.3) is 5.91 Å². The van der Waals surface area contributed by atoms with Gasteiger partial charge in [-0.3, -0.25) is 14.5 Å². The minimum Gasteiger partial charge on any atom is -0.477 e. The molecular weight excluding hydrogens is 354 g/mol. The molecule has 2 atom stereocenters. The second-order valence-corrected chi connectivity index (χ2v) is 6.95. The second kappa shape index (κ2) is 6.24. The number of aliphatic carboxylic acids is 1. The van der Waals surface area contributed by atoms with Crippen molar-refractivity contribution in [3.63, 3.8) is 0 Å². The predicted molar refractivity (Wildman–Crippen MR) is 87.9 cm³/mol. The van der Waals surface area contributed by atoms with Crippen LogP contribution in [-0.2, 0) is 20.8 Å². The molecule has 2 unspecified atom stereocenters. The number of amides is 2. The zero-order chi connectivity index (χ0) is 17.4. The highest BCUT2D eigenvalue weighted by atomic mass is 32.2. The number of nitrogens with zero attached hydrogens (tertiary/aromatic N) is 3. The lowest BCUT2D eigenvalue weighted by atomic mass is 10.0. The van der Waals surface area contributed by atoms with Crippen molar-refractivity contribution in [2.75, 3.05) is 11.5 Å². The van der Waals surface area contributed by atoms with Crippen LogP contribution in [0, 0.1) is 0 Å². The molecule has 0 bridgehead atoms. The van der Waals surface area contributed by atoms with E-state index in [1.165, 1.54) is 22.7 Å². The van der Waals surface area contributed by atoms with Gasteiger partial charge in [0.2, 0.25) is 5.91 Å². The van der Waals surface area contributed by atoms with Crippen molar-refractivity contribution < 1.29 is 19.5 Å². The molecule has 11 heteroatoms. The summed E-state index contributed by atoms with van der Waals surface area (Å²) < 4.78 is 3.91. The molecule has 3 heterocycles. The average Bonchev–Trinajstić information content (AvgIpc) is 2.95. The molecule has 0 aromatic carbocycles. The second-order valence-electron chi connectivity index (χ2n) is 5.06. The topological polar surface area (TPSA) is 139 Å². The molecule has 0 radical (unpaired) electrons. The van der Waals surface area contributed by atoms with E-state index >= 15 is 0 Å². The standard InChI is InChI=1S/C13H13N5O4S2/c1-2-5-4-23-11-8(10(20)18(11)9(5)12(21)22)16-7(19)3-6-15-13(14)24-17-6/h2,8,11H,1,3-4H2,(H,16,19)(H,21,22)(H2,14,15,17). The fourth-order valence-corrected chi connectivity index (χ4v) is 4.30. The molecule has 126 valence electrons. The summed E-state index contributed by atoms with van der Waals surface area (Å²) in [7, 11) is 0. The molecular formula is C13H13N5O4S2. The molecule has 9 nitrogen and oxygen atoms in total. The molecule has 3 rings (SSSR count). The van der Waals surface area contributed by atoms with Crippen molar-refractivity contribution in [3.05, 3.63) is 29.7 Å². The summed E-state index contributed by atoms with van der Waals surface area (Å²) in [6.07, 6.45) is 1.35. The minimum atomic E-state index is -1.18. The number of aromatic nitrogens is 2. The maximum Gasteiger partial charge on any atom is 0.352 e. The molecule has 1 aromatic rings. The monoisotopic (exact) mass is 367 g/mol. The van der Waals surface area contributed by atoms with E-state index in [4.69, 9.17) is 5.73 Å². The van der Waals surface area contributed by atoms with Crippen LogP contribution in [-0.4, -0.2) is 54.3 Å². The molecule has 24 heavy (non-hydrogen) atoms. The number of fused-ring (bicyclic) bond motifs is 1. The highest BCUT2D eigenvalue weighted by molar-refractivity contribution is 8.00. The van der Waals surface area contributed by atoms with Crippen LogP contribution in [0.25, 0.3) is 0 Å². The first kappa shape index (κ1) is 16.5. The van der Waals surface area contributed by atoms with Gasteiger partial charge in [0.05, 0.1) is 6.42 Å². The Hall–Kier alpha value is -2.40. The number of carboxylic acid groups (broad SMARTS) is 1. The van der Waals surface area contributed by atoms with Crippen molar-refractivity contribution in [2.45, 2.75) is 17.8 Å². The zero-order valence-corrected chi connectivity index (χ0v) is 13.9. The number of β-lactam (4-membered cyclic amide) rings is 1. The van der Waals surface area contributed by atoms with Crippen LogP contribution in [0.4, 0.5) is 5.13 Å². The van der Waals surface area contributed by atoms with Gasteiger partial charge in [-0.25, -0.2) is 9.78 Å². The molecule has 4 N–H and O–H groups in total. The Labute approximate surface area is 144 Å². The number of carboxylic acids is 1. The molecule has 1 aromatic heterocycles. The van der Waals surface area contributed by atoms with Gasteiger partial charge < -0.3 is 16.2 Å². The van der Waals surface area contributed by atoms with E-state index in [0.717, 1.165) is 11.5 Å². The Balaban J connectivity index is 1.69. The number of nitrogens with one attached hydrogen (secondary N) is 1. The van der Waals surface area contributed by atoms with E-state index in [-0.39, 0.29) is 23.1 Å². The largest absolute Gasteiger partial charge is 0.477 e. The Bertz CT molecular complexity index is 774. The number of nitrogen functional groups attached to an aromatic ring is 1. The van der Waals surface area contributed by atoms with Crippen molar-refractivity contribution in [3.8, 4) is 0 Å². The van der Waals surface area contributed by atoms with Gasteiger partial charge in [-0.15, -0.1) is 11.8 Å². The number of rotatable bonds is 5. The molecule has 1 fully saturated rings. The summed E-state index contributed by atoms with van der Waals surface area (Å²) in [5.74, 6) is -1.36. The van der Waals surface area contributed by atoms with Crippen LogP contribution in [0.2, 0.25) is 0 Å². The lowest BCUT2D eigenvalue weighted by Gasteiger charge is -2.49. The van der Waals surface area contributed by atoms with Crippen molar-refractivity contribution >= 4 is 46.2 Å². The minimum absolute atomic E-state index is 0.0711. The number of carbonyl (C=O) groups is 3. The van der Waals surface area contributed by atoms with Crippen LogP contribution in [0.1, 0.15) is 5.82 Å². The Morgan fingerprint density at radius 2 is 2.29 bits per heavy atom. The Morgan fingerprint density at radius 1 is 1.54 bits per heavy atom. The fourth-order valence-electron chi connectivity index (χ4n) is 2.51. The predicted octanol–water partition coefficient (Wildman–Crippen LogP) is -0.413. The normalized spacial score (nSPS) is 22.7. The molecule has 0 spiro atoms. The Morgan fingerprint density at radius 3 is 2.88 bits per heavy atom. The van der Waals surface area contributed by atoms with Crippen molar-refractivity contribution in [1.29, 1.82) is 0 Å². The first-order chi connectivity index (χ1) is 11.4. The van der Waals surface area contributed by atoms with Gasteiger partial charge in [-0.05, 0) is 5.57 Å². The number of thioether (sulfide) groups is 1. The highest BCUT2D eigenvalue weighted by Gasteiger charge is 2.53. The first-order valence-electron chi connectivity index (χ1n) is 6.83. The number of hydrogen-bond acceptors (Lipinski definition) is 8. The van der Waals surface area contributed by atoms with Crippen LogP contribution in [0.3, 0.4) is 0 Å². The van der Waals surface area contributed by atoms with E-state index < -0.39 is 29.2 Å². The van der Waals surface area contributed by atoms with Gasteiger partial charge in [0.1, 0.15) is 17.1 Å². The van der Waals surface area contributed by atoms with Crippen LogP contribution in [0.15, 0.2) is 23.9 Å². The van der Waals surface area contributed by atoms with Crippen molar-refractivity contribution in [2.24, 2.45) is 0 Å². The molecule has 0 saturated carbocycles. The van der Waals surface area contributed by atoms with Crippen LogP contribution in [0.5, 0.6) is 0 Å². The van der Waals surface area contributed by atoms with Gasteiger partial charge >= 0.3 is 5.97 Å². The van der Waals surface area contributed by atoms with E-state index in [0.29, 0.717) is 11.3 Å². The number of nitrogens with two attached hydrogens (primary N) is 1. The lowest BCUT2D eigenvalue weighted by Crippen LogP contribution is -2.70. The quantitative estimate of drug-likeness (QED) is 0.597. The highest BCUT2D eigenvalue weighted by Crippen LogP contribution is 2.40. The van der Waals surface area contributed by atoms with Gasteiger partial charge in [-0.2, -0.15) is 4.37 Å². The van der Waals surface area contributed by atoms with Crippen molar-refractivity contribution in [1.82, 2.24) is 19.6 Å². The summed E-state index contributed by atoms with van der Waals surface area (Å²) in [6.45, 7) is 3.58. The molecule has 1 saturated heterocycles. The summed E-state index contributed by atoms with van der Waals surface area (Å²) >= 11 is 2.37.